The largest absolute Gasteiger partial charge is 0.468 e. The molecule has 2 saturated heterocycles. The average molecular weight is 716 g/mol. The molecule has 2 bridgehead atoms. The van der Waals surface area contributed by atoms with Crippen molar-refractivity contribution < 1.29 is 66.0 Å². The molecule has 0 aromatic heterocycles. The number of hydrogen-bond donors (Lipinski definition) is 5. The second-order valence-electron chi connectivity index (χ2n) is 11.1. The number of methoxy groups -OCH3 is 2. The number of carbonyl (C=O) groups excluding carboxylic acids is 3. The Morgan fingerprint density at radius 2 is 1.38 bits per heavy atom. The van der Waals surface area contributed by atoms with E-state index in [1.807, 2.05) is 0 Å². The van der Waals surface area contributed by atoms with Crippen molar-refractivity contribution in [1.29, 1.82) is 0 Å². The highest BCUT2D eigenvalue weighted by molar-refractivity contribution is 7.52. The van der Waals surface area contributed by atoms with E-state index in [1.54, 1.807) is 36.4 Å². The number of rotatable bonds is 16. The lowest BCUT2D eigenvalue weighted by molar-refractivity contribution is -0.413. The van der Waals surface area contributed by atoms with Crippen molar-refractivity contribution >= 4 is 33.3 Å². The number of nitrogens with one attached hydrogen (secondary N) is 3. The summed E-state index contributed by atoms with van der Waals surface area (Å²) in [7, 11) is -6.87. The summed E-state index contributed by atoms with van der Waals surface area (Å²) in [6.45, 7) is 3.08. The summed E-state index contributed by atoms with van der Waals surface area (Å²) in [6.07, 6.45) is -3.94. The Morgan fingerprint density at radius 3 is 1.85 bits per heavy atom. The molecule has 48 heavy (non-hydrogen) atoms. The van der Waals surface area contributed by atoms with Crippen LogP contribution in [0, 0.1) is 0 Å². The SMILES string of the molecule is COC(=O)[C@H](C)NP(=O)(OCC1O[C@]2(O)CC(OP(=O)(N[C@@H](C)C(=O)OC)Oc3ccccc3)([C@@H]1O)[C@@H]2NC(C)=O)Oc1ccccc1. The van der Waals surface area contributed by atoms with E-state index in [1.165, 1.54) is 38.1 Å². The molecular weight excluding hydrogens is 676 g/mol. The number of esters is 2. The van der Waals surface area contributed by atoms with Crippen LogP contribution in [0.3, 0.4) is 0 Å². The van der Waals surface area contributed by atoms with Crippen molar-refractivity contribution in [2.45, 2.75) is 68.9 Å². The van der Waals surface area contributed by atoms with Crippen molar-refractivity contribution in [3.05, 3.63) is 60.7 Å². The van der Waals surface area contributed by atoms with Gasteiger partial charge in [0.15, 0.2) is 5.79 Å². The lowest BCUT2D eigenvalue weighted by Crippen LogP contribution is -2.87. The molecule has 2 aliphatic heterocycles. The Labute approximate surface area is 276 Å². The normalized spacial score (nSPS) is 28.3. The van der Waals surface area contributed by atoms with Gasteiger partial charge < -0.3 is 38.8 Å². The summed E-state index contributed by atoms with van der Waals surface area (Å²) >= 11 is 0. The van der Waals surface area contributed by atoms with E-state index in [2.05, 4.69) is 15.5 Å². The van der Waals surface area contributed by atoms with E-state index < -0.39 is 88.1 Å². The highest BCUT2D eigenvalue weighted by atomic mass is 31.2. The minimum atomic E-state index is -4.68. The average Bonchev–Trinajstić information content (AvgIpc) is 3.04. The smallest absolute Gasteiger partial charge is 0.460 e. The van der Waals surface area contributed by atoms with Crippen LogP contribution in [0.15, 0.2) is 60.7 Å². The first-order chi connectivity index (χ1) is 22.6. The van der Waals surface area contributed by atoms with Crippen LogP contribution in [-0.2, 0) is 46.8 Å². The maximum Gasteiger partial charge on any atom is 0.460 e. The predicted octanol–water partition coefficient (Wildman–Crippen LogP) is 1.79. The second kappa shape index (κ2) is 15.0. The molecule has 0 spiro atoms. The number of para-hydroxylation sites is 2. The van der Waals surface area contributed by atoms with Gasteiger partial charge in [0.05, 0.1) is 20.8 Å². The van der Waals surface area contributed by atoms with E-state index >= 15 is 0 Å². The molecule has 1 amide bonds. The van der Waals surface area contributed by atoms with E-state index in [0.29, 0.717) is 0 Å². The maximum absolute atomic E-state index is 14.4. The molecule has 9 atom stereocenters. The highest BCUT2D eigenvalue weighted by Gasteiger charge is 2.76. The second-order valence-corrected chi connectivity index (χ2v) is 14.5. The van der Waals surface area contributed by atoms with Gasteiger partial charge in [0, 0.05) is 13.3 Å². The molecule has 19 heteroatoms. The molecule has 17 nitrogen and oxygen atoms in total. The van der Waals surface area contributed by atoms with Gasteiger partial charge in [0.2, 0.25) is 5.91 Å². The van der Waals surface area contributed by atoms with Crippen LogP contribution < -0.4 is 24.5 Å². The first kappa shape index (κ1) is 37.4. The molecular formula is C29H39N3O14P2. The molecule has 3 aliphatic rings. The van der Waals surface area contributed by atoms with Crippen molar-refractivity contribution in [2.24, 2.45) is 0 Å². The lowest BCUT2D eigenvalue weighted by Gasteiger charge is -2.65. The van der Waals surface area contributed by atoms with Gasteiger partial charge in [-0.2, -0.15) is 10.2 Å². The van der Waals surface area contributed by atoms with E-state index in [0.717, 1.165) is 21.1 Å². The Morgan fingerprint density at radius 1 is 0.896 bits per heavy atom. The van der Waals surface area contributed by atoms with Crippen LogP contribution in [0.2, 0.25) is 0 Å². The Bertz CT molecular complexity index is 1550. The number of hydrogen-bond acceptors (Lipinski definition) is 14. The number of benzene rings is 2. The molecule has 0 radical (unpaired) electrons. The summed E-state index contributed by atoms with van der Waals surface area (Å²) in [5.41, 5.74) is -2.09. The van der Waals surface area contributed by atoms with Gasteiger partial charge in [0.25, 0.3) is 0 Å². The third kappa shape index (κ3) is 8.43. The standard InChI is InChI=1S/C29H39N3O14P2/c1-18(25(35)40-4)31-47(38,44-21-12-8-6-9-13-21)42-16-23-24(34)28(17-29(37,43-23)27(28)30-20(3)33)46-48(39,32-19(2)26(36)41-5)45-22-14-10-7-11-15-22/h6-15,18-19,23-24,27,34,37H,16-17H2,1-5H3,(H,30,33)(H,31,38)(H,32,39)/t18-,19-,23?,24+,27-,28?,29+,47?,48?/m0/s1. The van der Waals surface area contributed by atoms with Gasteiger partial charge in [-0.25, -0.2) is 9.13 Å². The summed E-state index contributed by atoms with van der Waals surface area (Å²) in [5.74, 6) is -4.31. The summed E-state index contributed by atoms with van der Waals surface area (Å²) < 4.78 is 66.4. The van der Waals surface area contributed by atoms with Crippen LogP contribution in [0.25, 0.3) is 0 Å². The third-order valence-corrected chi connectivity index (χ3v) is 10.9. The summed E-state index contributed by atoms with van der Waals surface area (Å²) in [4.78, 5) is 36.6. The molecule has 1 saturated carbocycles. The first-order valence-corrected chi connectivity index (χ1v) is 17.8. The van der Waals surface area contributed by atoms with Crippen LogP contribution in [-0.4, -0.2) is 90.6 Å². The fourth-order valence-electron chi connectivity index (χ4n) is 5.31. The van der Waals surface area contributed by atoms with Gasteiger partial charge in [-0.05, 0) is 38.1 Å². The predicted molar refractivity (Wildman–Crippen MR) is 166 cm³/mol. The first-order valence-electron chi connectivity index (χ1n) is 14.7. The van der Waals surface area contributed by atoms with Crippen LogP contribution in [0.5, 0.6) is 11.5 Å². The monoisotopic (exact) mass is 715 g/mol. The van der Waals surface area contributed by atoms with Crippen molar-refractivity contribution in [2.75, 3.05) is 20.8 Å². The number of fused-ring (bicyclic) bond motifs is 2. The number of ether oxygens (including phenoxy) is 3. The van der Waals surface area contributed by atoms with Gasteiger partial charge in [0.1, 0.15) is 47.4 Å². The van der Waals surface area contributed by atoms with Crippen LogP contribution >= 0.6 is 15.5 Å². The van der Waals surface area contributed by atoms with Crippen LogP contribution in [0.4, 0.5) is 0 Å². The Kier molecular flexibility index (Phi) is 11.7. The number of amides is 1. The van der Waals surface area contributed by atoms with Gasteiger partial charge in [-0.3, -0.25) is 23.4 Å². The molecule has 3 fully saturated rings. The lowest BCUT2D eigenvalue weighted by atomic mass is 9.62. The van der Waals surface area contributed by atoms with Gasteiger partial charge >= 0.3 is 27.4 Å². The zero-order valence-corrected chi connectivity index (χ0v) is 28.6. The fraction of sp³-hybridized carbons (Fsp3) is 0.483. The molecule has 4 unspecified atom stereocenters. The minimum Gasteiger partial charge on any atom is -0.468 e. The zero-order valence-electron chi connectivity index (χ0n) is 26.8. The van der Waals surface area contributed by atoms with Crippen molar-refractivity contribution in [3.63, 3.8) is 0 Å². The summed E-state index contributed by atoms with van der Waals surface area (Å²) in [6, 6.07) is 11.7. The van der Waals surface area contributed by atoms with Gasteiger partial charge in [-0.15, -0.1) is 0 Å². The molecule has 1 aliphatic carbocycles. The molecule has 264 valence electrons. The molecule has 2 aromatic carbocycles. The fourth-order valence-corrected chi connectivity index (χ4v) is 8.66. The number of aliphatic hydroxyl groups excluding tert-OH is 1. The zero-order chi connectivity index (χ0) is 35.3. The topological polar surface area (TPSA) is 227 Å². The Hall–Kier alpha value is -3.37. The maximum atomic E-state index is 14.4. The van der Waals surface area contributed by atoms with Crippen molar-refractivity contribution in [1.82, 2.24) is 15.5 Å². The highest BCUT2D eigenvalue weighted by Crippen LogP contribution is 2.61. The van der Waals surface area contributed by atoms with E-state index in [4.69, 9.17) is 32.3 Å². The van der Waals surface area contributed by atoms with E-state index in [9.17, 15) is 33.7 Å². The number of aliphatic hydroxyl groups is 2. The molecule has 2 aromatic rings. The molecule has 5 N–H and O–H groups in total. The third-order valence-electron chi connectivity index (χ3n) is 7.47. The molecule has 2 heterocycles. The molecule has 5 rings (SSSR count). The minimum absolute atomic E-state index is 0.0543. The number of carbonyl (C=O) groups is 3. The quantitative estimate of drug-likeness (QED) is 0.123. The summed E-state index contributed by atoms with van der Waals surface area (Å²) in [5, 5.41) is 30.5. The van der Waals surface area contributed by atoms with Gasteiger partial charge in [-0.1, -0.05) is 36.4 Å². The van der Waals surface area contributed by atoms with E-state index in [-0.39, 0.29) is 11.5 Å². The Balaban J connectivity index is 1.66. The van der Waals surface area contributed by atoms with Crippen LogP contribution in [0.1, 0.15) is 27.2 Å². The van der Waals surface area contributed by atoms with Crippen molar-refractivity contribution in [3.8, 4) is 11.5 Å².